The van der Waals surface area contributed by atoms with E-state index in [4.69, 9.17) is 0 Å². The minimum absolute atomic E-state index is 0.0782. The molecule has 2 aromatic rings. The molecule has 29 heavy (non-hydrogen) atoms. The number of carbonyl (C=O) groups is 1. The van der Waals surface area contributed by atoms with Gasteiger partial charge in [0.25, 0.3) is 5.56 Å². The van der Waals surface area contributed by atoms with E-state index in [2.05, 4.69) is 17.4 Å². The van der Waals surface area contributed by atoms with E-state index in [0.717, 1.165) is 42.6 Å². The molecule has 3 aliphatic rings. The number of aromatic nitrogens is 1. The van der Waals surface area contributed by atoms with Crippen LogP contribution in [0.15, 0.2) is 47.3 Å². The smallest absolute Gasteiger partial charge is 0.317 e. The van der Waals surface area contributed by atoms with Crippen LogP contribution in [-0.4, -0.2) is 34.6 Å². The molecule has 2 unspecified atom stereocenters. The summed E-state index contributed by atoms with van der Waals surface area (Å²) in [6, 6.07) is 14.4. The summed E-state index contributed by atoms with van der Waals surface area (Å²) in [5.41, 5.74) is 3.45. The van der Waals surface area contributed by atoms with Crippen LogP contribution in [0.4, 0.5) is 4.79 Å². The van der Waals surface area contributed by atoms with Gasteiger partial charge >= 0.3 is 6.03 Å². The third-order valence-corrected chi connectivity index (χ3v) is 6.89. The van der Waals surface area contributed by atoms with E-state index in [1.165, 1.54) is 19.3 Å². The van der Waals surface area contributed by atoms with Crippen LogP contribution >= 0.6 is 0 Å². The van der Waals surface area contributed by atoms with Gasteiger partial charge < -0.3 is 14.8 Å². The van der Waals surface area contributed by atoms with Crippen molar-refractivity contribution in [3.8, 4) is 11.1 Å². The van der Waals surface area contributed by atoms with E-state index in [0.29, 0.717) is 25.0 Å². The molecular weight excluding hydrogens is 362 g/mol. The number of piperidine rings is 1. The number of rotatable bonds is 2. The number of fused-ring (bicyclic) bond motifs is 4. The van der Waals surface area contributed by atoms with Gasteiger partial charge in [0.1, 0.15) is 0 Å². The summed E-state index contributed by atoms with van der Waals surface area (Å²) < 4.78 is 1.97. The fourth-order valence-electron chi connectivity index (χ4n) is 5.56. The normalized spacial score (nSPS) is 24.1. The van der Waals surface area contributed by atoms with Crippen LogP contribution in [0.5, 0.6) is 0 Å². The quantitative estimate of drug-likeness (QED) is 0.842. The predicted octanol–water partition coefficient (Wildman–Crippen LogP) is 3.98. The number of nitrogens with one attached hydrogen (secondary N) is 1. The van der Waals surface area contributed by atoms with Gasteiger partial charge in [-0.2, -0.15) is 0 Å². The van der Waals surface area contributed by atoms with Gasteiger partial charge in [0.15, 0.2) is 0 Å². The topological polar surface area (TPSA) is 54.3 Å². The molecule has 2 amide bonds. The third-order valence-electron chi connectivity index (χ3n) is 6.89. The second-order valence-electron chi connectivity index (χ2n) is 8.94. The first kappa shape index (κ1) is 18.5. The van der Waals surface area contributed by atoms with Crippen LogP contribution in [0.25, 0.3) is 11.1 Å². The highest BCUT2D eigenvalue weighted by Crippen LogP contribution is 2.39. The molecule has 1 aromatic carbocycles. The number of hydrogen-bond acceptors (Lipinski definition) is 2. The Balaban J connectivity index is 1.43. The molecule has 0 radical (unpaired) electrons. The first-order valence-corrected chi connectivity index (χ1v) is 11.0. The summed E-state index contributed by atoms with van der Waals surface area (Å²) in [4.78, 5) is 27.6. The van der Waals surface area contributed by atoms with Crippen molar-refractivity contribution in [2.75, 3.05) is 13.1 Å². The number of benzene rings is 1. The van der Waals surface area contributed by atoms with Gasteiger partial charge in [0.2, 0.25) is 0 Å². The SMILES string of the molecule is O=C(NC1CCCCC1)N1CC2CC(C1)c1c(-c3ccccc3)ccc(=O)n1C2. The lowest BCUT2D eigenvalue weighted by Gasteiger charge is -2.44. The van der Waals surface area contributed by atoms with Crippen molar-refractivity contribution in [3.05, 3.63) is 58.5 Å². The van der Waals surface area contributed by atoms with E-state index >= 15 is 0 Å². The maximum Gasteiger partial charge on any atom is 0.317 e. The number of urea groups is 1. The molecule has 0 spiro atoms. The highest BCUT2D eigenvalue weighted by atomic mass is 16.2. The molecule has 152 valence electrons. The minimum Gasteiger partial charge on any atom is -0.335 e. The predicted molar refractivity (Wildman–Crippen MR) is 114 cm³/mol. The maximum absolute atomic E-state index is 13.0. The molecule has 2 bridgehead atoms. The second-order valence-corrected chi connectivity index (χ2v) is 8.94. The molecule has 2 aliphatic heterocycles. The molecule has 3 heterocycles. The molecule has 2 atom stereocenters. The average Bonchev–Trinajstić information content (AvgIpc) is 2.75. The van der Waals surface area contributed by atoms with Crippen molar-refractivity contribution in [3.63, 3.8) is 0 Å². The first-order chi connectivity index (χ1) is 14.2. The molecule has 5 nitrogen and oxygen atoms in total. The van der Waals surface area contributed by atoms with Gasteiger partial charge in [-0.05, 0) is 36.8 Å². The standard InChI is InChI=1S/C24H29N3O2/c28-22-12-11-21(18-7-3-1-4-8-18)23-19-13-17(15-27(22)23)14-26(16-19)24(29)25-20-9-5-2-6-10-20/h1,3-4,7-8,11-12,17,19-20H,2,5-6,9-10,13-16H2,(H,25,29). The zero-order valence-corrected chi connectivity index (χ0v) is 16.8. The van der Waals surface area contributed by atoms with Gasteiger partial charge in [-0.15, -0.1) is 0 Å². The highest BCUT2D eigenvalue weighted by Gasteiger charge is 2.38. The number of amides is 2. The van der Waals surface area contributed by atoms with Gasteiger partial charge in [-0.25, -0.2) is 4.79 Å². The molecule has 1 aliphatic carbocycles. The monoisotopic (exact) mass is 391 g/mol. The number of hydrogen-bond donors (Lipinski definition) is 1. The van der Waals surface area contributed by atoms with Gasteiger partial charge in [0.05, 0.1) is 0 Å². The van der Waals surface area contributed by atoms with E-state index in [-0.39, 0.29) is 17.5 Å². The number of pyridine rings is 1. The molecule has 1 saturated carbocycles. The lowest BCUT2D eigenvalue weighted by molar-refractivity contribution is 0.128. The van der Waals surface area contributed by atoms with E-state index in [9.17, 15) is 9.59 Å². The summed E-state index contributed by atoms with van der Waals surface area (Å²) >= 11 is 0. The molecule has 5 heteroatoms. The zero-order chi connectivity index (χ0) is 19.8. The van der Waals surface area contributed by atoms with Crippen LogP contribution in [0.1, 0.15) is 50.1 Å². The highest BCUT2D eigenvalue weighted by molar-refractivity contribution is 5.75. The molecule has 1 N–H and O–H groups in total. The molecule has 1 saturated heterocycles. The Morgan fingerprint density at radius 1 is 0.931 bits per heavy atom. The van der Waals surface area contributed by atoms with Crippen molar-refractivity contribution in [1.82, 2.24) is 14.8 Å². The molecule has 2 fully saturated rings. The van der Waals surface area contributed by atoms with Crippen molar-refractivity contribution < 1.29 is 4.79 Å². The van der Waals surface area contributed by atoms with Crippen LogP contribution < -0.4 is 10.9 Å². The Bertz CT molecular complexity index is 946. The van der Waals surface area contributed by atoms with Crippen LogP contribution in [-0.2, 0) is 6.54 Å². The van der Waals surface area contributed by atoms with Crippen LogP contribution in [0.3, 0.4) is 0 Å². The molecule has 1 aromatic heterocycles. The fraction of sp³-hybridized carbons (Fsp3) is 0.500. The minimum atomic E-state index is 0.0782. The molecule has 5 rings (SSSR count). The second kappa shape index (κ2) is 7.69. The first-order valence-electron chi connectivity index (χ1n) is 11.0. The Kier molecular flexibility index (Phi) is 4.90. The summed E-state index contributed by atoms with van der Waals surface area (Å²) in [5.74, 6) is 0.561. The third kappa shape index (κ3) is 3.59. The Hall–Kier alpha value is -2.56. The summed E-state index contributed by atoms with van der Waals surface area (Å²) in [6.07, 6.45) is 6.97. The summed E-state index contributed by atoms with van der Waals surface area (Å²) in [6.45, 7) is 2.15. The molecular formula is C24H29N3O2. The largest absolute Gasteiger partial charge is 0.335 e. The lowest BCUT2D eigenvalue weighted by atomic mass is 9.80. The van der Waals surface area contributed by atoms with Crippen molar-refractivity contribution in [2.24, 2.45) is 5.92 Å². The van der Waals surface area contributed by atoms with E-state index in [1.807, 2.05) is 33.7 Å². The van der Waals surface area contributed by atoms with Crippen molar-refractivity contribution in [2.45, 2.75) is 57.0 Å². The number of nitrogens with zero attached hydrogens (tertiary/aromatic N) is 2. The van der Waals surface area contributed by atoms with Gasteiger partial charge in [0, 0.05) is 48.9 Å². The van der Waals surface area contributed by atoms with Gasteiger partial charge in [-0.3, -0.25) is 4.79 Å². The van der Waals surface area contributed by atoms with Crippen molar-refractivity contribution in [1.29, 1.82) is 0 Å². The van der Waals surface area contributed by atoms with Crippen LogP contribution in [0.2, 0.25) is 0 Å². The number of likely N-dealkylation sites (tertiary alicyclic amines) is 1. The summed E-state index contributed by atoms with van der Waals surface area (Å²) in [7, 11) is 0. The summed E-state index contributed by atoms with van der Waals surface area (Å²) in [5, 5.41) is 3.28. The Labute approximate surface area is 171 Å². The van der Waals surface area contributed by atoms with E-state index in [1.54, 1.807) is 6.07 Å². The van der Waals surface area contributed by atoms with Crippen molar-refractivity contribution >= 4 is 6.03 Å². The average molecular weight is 392 g/mol. The number of carbonyl (C=O) groups excluding carboxylic acids is 1. The van der Waals surface area contributed by atoms with E-state index < -0.39 is 0 Å². The Morgan fingerprint density at radius 2 is 1.72 bits per heavy atom. The van der Waals surface area contributed by atoms with Gasteiger partial charge in [-0.1, -0.05) is 49.6 Å². The fourth-order valence-corrected chi connectivity index (χ4v) is 5.56. The maximum atomic E-state index is 13.0. The zero-order valence-electron chi connectivity index (χ0n) is 16.8. The van der Waals surface area contributed by atoms with Crippen LogP contribution in [0, 0.1) is 5.92 Å². The Morgan fingerprint density at radius 3 is 2.52 bits per heavy atom. The lowest BCUT2D eigenvalue weighted by Crippen LogP contribution is -2.53.